The van der Waals surface area contributed by atoms with Gasteiger partial charge in [0.2, 0.25) is 5.78 Å². The Kier molecular flexibility index (Phi) is 3.99. The molecule has 2 atom stereocenters. The number of hydrogen-bond donors (Lipinski definition) is 5. The minimum Gasteiger partial charge on any atom is -0.507 e. The number of benzene rings is 2. The van der Waals surface area contributed by atoms with E-state index in [0.29, 0.717) is 0 Å². The summed E-state index contributed by atoms with van der Waals surface area (Å²) in [6.07, 6.45) is -1.38. The highest BCUT2D eigenvalue weighted by molar-refractivity contribution is 6.31. The van der Waals surface area contributed by atoms with Crippen molar-refractivity contribution in [2.24, 2.45) is 11.7 Å². The summed E-state index contributed by atoms with van der Waals surface area (Å²) in [5, 5.41) is 42.0. The third-order valence-electron chi connectivity index (χ3n) is 5.51. The van der Waals surface area contributed by atoms with Crippen LogP contribution >= 0.6 is 0 Å². The van der Waals surface area contributed by atoms with E-state index in [4.69, 9.17) is 5.73 Å². The van der Waals surface area contributed by atoms with Gasteiger partial charge in [0.1, 0.15) is 23.0 Å². The van der Waals surface area contributed by atoms with Gasteiger partial charge in [-0.05, 0) is 18.9 Å². The first kappa shape index (κ1) is 18.1. The fourth-order valence-electron chi connectivity index (χ4n) is 4.16. The van der Waals surface area contributed by atoms with Crippen LogP contribution in [0.1, 0.15) is 55.5 Å². The molecule has 2 aromatic rings. The molecular formula is C20H17NO7. The maximum atomic E-state index is 12.9. The molecule has 2 aliphatic rings. The highest BCUT2D eigenvalue weighted by Gasteiger charge is 2.42. The summed E-state index contributed by atoms with van der Waals surface area (Å²) in [5.74, 6) is -4.17. The van der Waals surface area contributed by atoms with Gasteiger partial charge in [-0.2, -0.15) is 0 Å². The van der Waals surface area contributed by atoms with Crippen molar-refractivity contribution >= 4 is 17.3 Å². The van der Waals surface area contributed by atoms with Crippen LogP contribution in [0.15, 0.2) is 18.2 Å². The van der Waals surface area contributed by atoms with Crippen LogP contribution in [0.3, 0.4) is 0 Å². The van der Waals surface area contributed by atoms with Crippen molar-refractivity contribution < 1.29 is 34.8 Å². The zero-order valence-corrected chi connectivity index (χ0v) is 14.6. The average molecular weight is 383 g/mol. The number of nitrogens with two attached hydrogens (primary N) is 1. The molecule has 0 spiro atoms. The molecule has 8 nitrogen and oxygen atoms in total. The molecule has 2 aromatic carbocycles. The van der Waals surface area contributed by atoms with Crippen molar-refractivity contribution in [2.75, 3.05) is 6.54 Å². The zero-order chi connectivity index (χ0) is 20.3. The number of carbonyl (C=O) groups is 3. The Balaban J connectivity index is 1.99. The molecule has 0 unspecified atom stereocenters. The summed E-state index contributed by atoms with van der Waals surface area (Å²) in [6.45, 7) is -0.242. The van der Waals surface area contributed by atoms with Gasteiger partial charge in [-0.1, -0.05) is 12.1 Å². The number of ketones is 3. The van der Waals surface area contributed by atoms with Crippen molar-refractivity contribution in [3.8, 4) is 17.2 Å². The third-order valence-corrected chi connectivity index (χ3v) is 5.51. The molecule has 8 heteroatoms. The fourth-order valence-corrected chi connectivity index (χ4v) is 4.16. The molecule has 0 radical (unpaired) electrons. The van der Waals surface area contributed by atoms with Gasteiger partial charge >= 0.3 is 0 Å². The lowest BCUT2D eigenvalue weighted by atomic mass is 9.74. The largest absolute Gasteiger partial charge is 0.507 e. The standard InChI is InChI=1S/C20H17NO7/c21-6-12(24)7-4-9-14(11(23)5-7)20(28)16-15(18(9)26)17(25)8-2-1-3-10(22)13(8)19(16)27/h1-3,7,11,22-23,26,28H,4-6,21H2/t7-,11-/m0/s1. The molecule has 4 rings (SSSR count). The van der Waals surface area contributed by atoms with Crippen LogP contribution in [0.4, 0.5) is 0 Å². The Labute approximate surface area is 158 Å². The Bertz CT molecular complexity index is 1070. The maximum Gasteiger partial charge on any atom is 0.202 e. The van der Waals surface area contributed by atoms with E-state index in [9.17, 15) is 34.8 Å². The number of hydrogen-bond acceptors (Lipinski definition) is 8. The number of Topliss-reactive ketones (excluding diaryl/α,β-unsaturated/α-hetero) is 1. The van der Waals surface area contributed by atoms with E-state index >= 15 is 0 Å². The van der Waals surface area contributed by atoms with Gasteiger partial charge in [0, 0.05) is 22.6 Å². The first-order valence-electron chi connectivity index (χ1n) is 8.70. The number of phenolic OH excluding ortho intramolecular Hbond substituents is 3. The number of aromatic hydroxyl groups is 3. The van der Waals surface area contributed by atoms with Gasteiger partial charge in [0.15, 0.2) is 5.78 Å². The highest BCUT2D eigenvalue weighted by atomic mass is 16.3. The van der Waals surface area contributed by atoms with E-state index in [1.165, 1.54) is 18.2 Å². The molecule has 0 aliphatic heterocycles. The quantitative estimate of drug-likeness (QED) is 0.405. The van der Waals surface area contributed by atoms with Crippen LogP contribution in [0.5, 0.6) is 17.2 Å². The molecule has 0 heterocycles. The monoisotopic (exact) mass is 383 g/mol. The maximum absolute atomic E-state index is 12.9. The third kappa shape index (κ3) is 2.28. The summed E-state index contributed by atoms with van der Waals surface area (Å²) < 4.78 is 0. The van der Waals surface area contributed by atoms with Gasteiger partial charge in [0.05, 0.1) is 29.3 Å². The average Bonchev–Trinajstić information content (AvgIpc) is 2.67. The minimum absolute atomic E-state index is 0.0243. The highest BCUT2D eigenvalue weighted by Crippen LogP contribution is 2.50. The van der Waals surface area contributed by atoms with Crippen molar-refractivity contribution in [3.63, 3.8) is 0 Å². The number of carbonyl (C=O) groups excluding carboxylic acids is 3. The first-order chi connectivity index (χ1) is 13.3. The molecule has 0 saturated heterocycles. The second-order valence-corrected chi connectivity index (χ2v) is 7.02. The van der Waals surface area contributed by atoms with E-state index in [-0.39, 0.29) is 47.4 Å². The molecule has 0 saturated carbocycles. The number of fused-ring (bicyclic) bond motifs is 3. The number of aliphatic hydroxyl groups excluding tert-OH is 1. The second-order valence-electron chi connectivity index (χ2n) is 7.02. The summed E-state index contributed by atoms with van der Waals surface area (Å²) in [7, 11) is 0. The normalized spacial score (nSPS) is 20.4. The lowest BCUT2D eigenvalue weighted by molar-refractivity contribution is -0.122. The predicted molar refractivity (Wildman–Crippen MR) is 95.6 cm³/mol. The van der Waals surface area contributed by atoms with Crippen molar-refractivity contribution in [2.45, 2.75) is 18.9 Å². The van der Waals surface area contributed by atoms with Gasteiger partial charge in [-0.25, -0.2) is 0 Å². The zero-order valence-electron chi connectivity index (χ0n) is 14.6. The number of aliphatic hydroxyl groups is 1. The van der Waals surface area contributed by atoms with Crippen LogP contribution < -0.4 is 5.73 Å². The molecule has 0 fully saturated rings. The lowest BCUT2D eigenvalue weighted by Crippen LogP contribution is -2.31. The second kappa shape index (κ2) is 6.15. The van der Waals surface area contributed by atoms with Crippen molar-refractivity contribution in [3.05, 3.63) is 51.6 Å². The predicted octanol–water partition coefficient (Wildman–Crippen LogP) is 0.702. The van der Waals surface area contributed by atoms with E-state index in [0.717, 1.165) is 0 Å². The Morgan fingerprint density at radius 2 is 1.71 bits per heavy atom. The molecule has 144 valence electrons. The molecule has 6 N–H and O–H groups in total. The number of phenols is 3. The van der Waals surface area contributed by atoms with Crippen LogP contribution in [0.2, 0.25) is 0 Å². The fraction of sp³-hybridized carbons (Fsp3) is 0.250. The molecule has 0 amide bonds. The smallest absolute Gasteiger partial charge is 0.202 e. The summed E-state index contributed by atoms with van der Waals surface area (Å²) in [4.78, 5) is 37.9. The van der Waals surface area contributed by atoms with Crippen LogP contribution in [0.25, 0.3) is 0 Å². The molecular weight excluding hydrogens is 366 g/mol. The van der Waals surface area contributed by atoms with Gasteiger partial charge < -0.3 is 26.2 Å². The SMILES string of the molecule is NCC(=O)[C@H]1Cc2c(O)c3c(c(O)c2[C@@H](O)C1)C(=O)c1c(O)cccc1C3=O. The Morgan fingerprint density at radius 3 is 2.39 bits per heavy atom. The van der Waals surface area contributed by atoms with Crippen molar-refractivity contribution in [1.29, 1.82) is 0 Å². The first-order valence-corrected chi connectivity index (χ1v) is 8.70. The van der Waals surface area contributed by atoms with Crippen LogP contribution in [-0.4, -0.2) is 44.3 Å². The van der Waals surface area contributed by atoms with E-state index in [2.05, 4.69) is 0 Å². The summed E-state index contributed by atoms with van der Waals surface area (Å²) >= 11 is 0. The Morgan fingerprint density at radius 1 is 1.04 bits per heavy atom. The van der Waals surface area contributed by atoms with Crippen LogP contribution in [-0.2, 0) is 11.2 Å². The van der Waals surface area contributed by atoms with Gasteiger partial charge in [-0.3, -0.25) is 14.4 Å². The number of rotatable bonds is 2. The van der Waals surface area contributed by atoms with E-state index in [1.807, 2.05) is 0 Å². The van der Waals surface area contributed by atoms with Crippen LogP contribution in [0, 0.1) is 5.92 Å². The van der Waals surface area contributed by atoms with Gasteiger partial charge in [-0.15, -0.1) is 0 Å². The topological polar surface area (TPSA) is 158 Å². The van der Waals surface area contributed by atoms with Crippen molar-refractivity contribution in [1.82, 2.24) is 0 Å². The lowest BCUT2D eigenvalue weighted by Gasteiger charge is -2.31. The minimum atomic E-state index is -1.32. The van der Waals surface area contributed by atoms with Gasteiger partial charge in [0.25, 0.3) is 0 Å². The summed E-state index contributed by atoms with van der Waals surface area (Å²) in [5.41, 5.74) is 4.13. The van der Waals surface area contributed by atoms with E-state index < -0.39 is 52.0 Å². The Hall–Kier alpha value is -3.23. The molecule has 0 aromatic heterocycles. The molecule has 28 heavy (non-hydrogen) atoms. The summed E-state index contributed by atoms with van der Waals surface area (Å²) in [6, 6.07) is 3.96. The molecule has 0 bridgehead atoms. The van der Waals surface area contributed by atoms with E-state index in [1.54, 1.807) is 0 Å². The molecule has 2 aliphatic carbocycles.